The molecule has 3 aliphatic carbocycles. The van der Waals surface area contributed by atoms with Gasteiger partial charge in [-0.3, -0.25) is 0 Å². The first-order valence-electron chi connectivity index (χ1n) is 12.6. The van der Waals surface area contributed by atoms with E-state index in [-0.39, 0.29) is 24.8 Å². The number of benzene rings is 2. The van der Waals surface area contributed by atoms with Crippen LogP contribution in [0.1, 0.15) is 106 Å². The van der Waals surface area contributed by atoms with Gasteiger partial charge in [0.15, 0.2) is 0 Å². The van der Waals surface area contributed by atoms with E-state index >= 15 is 0 Å². The fraction of sp³-hybridized carbons (Fsp3) is 0.467. The molecule has 0 nitrogen and oxygen atoms in total. The van der Waals surface area contributed by atoms with Crippen molar-refractivity contribution in [3.63, 3.8) is 0 Å². The van der Waals surface area contributed by atoms with Gasteiger partial charge in [0.1, 0.15) is 0 Å². The van der Waals surface area contributed by atoms with Crippen LogP contribution in [0, 0.1) is 0 Å². The van der Waals surface area contributed by atoms with Gasteiger partial charge in [-0.25, -0.2) is 0 Å². The molecule has 4 aliphatic rings. The van der Waals surface area contributed by atoms with E-state index in [1.807, 2.05) is 5.57 Å². The molecule has 0 bridgehead atoms. The van der Waals surface area contributed by atoms with E-state index in [4.69, 9.17) is 0 Å². The molecular weight excluding hydrogens is 522 g/mol. The maximum atomic E-state index is 2.75. The van der Waals surface area contributed by atoms with Gasteiger partial charge in [0.05, 0.1) is 0 Å². The SMILES string of the molecule is CC1=C[CH]([Zr+2]2([CH]3C4=C(CCC4)c4c(C(C)C)cccc43)[CH2][CH2]2)c2cccc(C(C)C)c21.[Cl-].[Cl-]. The predicted molar refractivity (Wildman–Crippen MR) is 131 cm³/mol. The first-order valence-corrected chi connectivity index (χ1v) is 18.9. The summed E-state index contributed by atoms with van der Waals surface area (Å²) in [5, 5.41) is 0. The second-order valence-corrected chi connectivity index (χ2v) is 22.8. The molecular formula is C30H36Cl2Zr. The topological polar surface area (TPSA) is 0 Å². The third-order valence-corrected chi connectivity index (χ3v) is 21.6. The van der Waals surface area contributed by atoms with E-state index in [9.17, 15) is 0 Å². The van der Waals surface area contributed by atoms with Gasteiger partial charge in [0.25, 0.3) is 0 Å². The van der Waals surface area contributed by atoms with Crippen molar-refractivity contribution >= 4 is 11.1 Å². The van der Waals surface area contributed by atoms with Crippen LogP contribution in [0.15, 0.2) is 48.0 Å². The molecule has 174 valence electrons. The van der Waals surface area contributed by atoms with Crippen molar-refractivity contribution in [1.82, 2.24) is 0 Å². The number of halogens is 2. The molecule has 0 aromatic heterocycles. The molecule has 0 saturated carbocycles. The van der Waals surface area contributed by atoms with Crippen molar-refractivity contribution in [3.05, 3.63) is 81.4 Å². The van der Waals surface area contributed by atoms with Gasteiger partial charge in [0.2, 0.25) is 0 Å². The molecule has 1 saturated heterocycles. The Kier molecular flexibility index (Phi) is 7.04. The Labute approximate surface area is 217 Å². The van der Waals surface area contributed by atoms with Crippen molar-refractivity contribution < 1.29 is 45.1 Å². The molecule has 1 aliphatic heterocycles. The van der Waals surface area contributed by atoms with Crippen molar-refractivity contribution in [2.45, 2.75) is 81.2 Å². The molecule has 0 spiro atoms. The van der Waals surface area contributed by atoms with Crippen molar-refractivity contribution in [3.8, 4) is 0 Å². The smallest absolute Gasteiger partial charge is 1.00 e. The third-order valence-electron chi connectivity index (χ3n) is 8.89. The average molecular weight is 559 g/mol. The number of hydrogen-bond donors (Lipinski definition) is 0. The van der Waals surface area contributed by atoms with Crippen LogP contribution in [-0.2, 0) is 20.3 Å². The molecule has 2 unspecified atom stereocenters. The molecule has 1 fully saturated rings. The Bertz CT molecular complexity index is 1150. The Morgan fingerprint density at radius 2 is 1.39 bits per heavy atom. The Hall–Kier alpha value is -0.617. The van der Waals surface area contributed by atoms with Crippen LogP contribution >= 0.6 is 0 Å². The van der Waals surface area contributed by atoms with Gasteiger partial charge in [-0.05, 0) is 0 Å². The van der Waals surface area contributed by atoms with Crippen molar-refractivity contribution in [2.75, 3.05) is 0 Å². The van der Waals surface area contributed by atoms with E-state index in [1.165, 1.54) is 19.3 Å². The minimum Gasteiger partial charge on any atom is -1.00 e. The van der Waals surface area contributed by atoms with Crippen LogP contribution in [0.25, 0.3) is 11.1 Å². The predicted octanol–water partition coefficient (Wildman–Crippen LogP) is 3.10. The summed E-state index contributed by atoms with van der Waals surface area (Å²) in [5.74, 6) is 1.23. The summed E-state index contributed by atoms with van der Waals surface area (Å²) in [5.41, 5.74) is 15.3. The van der Waals surface area contributed by atoms with Gasteiger partial charge in [0, 0.05) is 0 Å². The van der Waals surface area contributed by atoms with Crippen molar-refractivity contribution in [2.24, 2.45) is 0 Å². The monoisotopic (exact) mass is 556 g/mol. The molecule has 1 heterocycles. The molecule has 2 aromatic rings. The van der Waals surface area contributed by atoms with Crippen LogP contribution in [0.2, 0.25) is 8.26 Å². The third kappa shape index (κ3) is 3.63. The zero-order valence-corrected chi connectivity index (χ0v) is 24.6. The second-order valence-electron chi connectivity index (χ2n) is 11.3. The maximum Gasteiger partial charge on any atom is -1.00 e. The molecule has 6 rings (SSSR count). The first kappa shape index (κ1) is 25.5. The van der Waals surface area contributed by atoms with E-state index < -0.39 is 20.3 Å². The first-order chi connectivity index (χ1) is 14.9. The van der Waals surface area contributed by atoms with Gasteiger partial charge in [-0.1, -0.05) is 0 Å². The summed E-state index contributed by atoms with van der Waals surface area (Å²) in [7, 11) is 0. The number of hydrogen-bond acceptors (Lipinski definition) is 0. The Morgan fingerprint density at radius 1 is 0.788 bits per heavy atom. The molecule has 0 radical (unpaired) electrons. The number of rotatable bonds is 4. The quantitative estimate of drug-likeness (QED) is 0.541. The zero-order valence-electron chi connectivity index (χ0n) is 20.6. The summed E-state index contributed by atoms with van der Waals surface area (Å²) in [6.07, 6.45) is 6.85. The molecule has 2 aromatic carbocycles. The Balaban J connectivity index is 0.00000130. The molecule has 0 amide bonds. The normalized spacial score (nSPS) is 22.7. The van der Waals surface area contributed by atoms with E-state index in [2.05, 4.69) is 77.1 Å². The summed E-state index contributed by atoms with van der Waals surface area (Å²) < 4.78 is 4.81. The fourth-order valence-electron chi connectivity index (χ4n) is 7.48. The van der Waals surface area contributed by atoms with Crippen LogP contribution in [-0.4, -0.2) is 0 Å². The van der Waals surface area contributed by atoms with Crippen LogP contribution in [0.5, 0.6) is 0 Å². The summed E-state index contributed by atoms with van der Waals surface area (Å²) in [6, 6.07) is 14.6. The zero-order chi connectivity index (χ0) is 21.5. The molecule has 2 atom stereocenters. The standard InChI is InChI=1S/C15H17.C13H15.C2H4.2ClH.Zr/c1-10(2)13-7-4-6-12-9-11-5-3-8-14(11)15(12)13;1-9(2)12-6-4-5-11-8-7-10(3)13(11)12;1-2;;;/h4,6-7,9-10H,3,5,8H2,1-2H3;4-9H,1-3H3;1-2H2;2*1H;/q;;;;;+2/p-2. The fourth-order valence-corrected chi connectivity index (χ4v) is 24.4. The molecule has 33 heavy (non-hydrogen) atoms. The second kappa shape index (κ2) is 9.11. The summed E-state index contributed by atoms with van der Waals surface area (Å²) in [4.78, 5) is 0. The van der Waals surface area contributed by atoms with Crippen LogP contribution in [0.4, 0.5) is 0 Å². The minimum atomic E-state index is -2.42. The van der Waals surface area contributed by atoms with Crippen molar-refractivity contribution in [1.29, 1.82) is 0 Å². The summed E-state index contributed by atoms with van der Waals surface area (Å²) >= 11 is -2.42. The maximum absolute atomic E-state index is 2.75. The van der Waals surface area contributed by atoms with Crippen LogP contribution < -0.4 is 24.8 Å². The average Bonchev–Trinajstić information content (AvgIpc) is 3.11. The van der Waals surface area contributed by atoms with Gasteiger partial charge >= 0.3 is 194 Å². The van der Waals surface area contributed by atoms with Gasteiger partial charge in [-0.15, -0.1) is 0 Å². The number of allylic oxidation sites excluding steroid dienone is 4. The molecule has 0 N–H and O–H groups in total. The van der Waals surface area contributed by atoms with E-state index in [0.29, 0.717) is 11.8 Å². The van der Waals surface area contributed by atoms with E-state index in [0.717, 1.165) is 7.25 Å². The Morgan fingerprint density at radius 3 is 2.00 bits per heavy atom. The van der Waals surface area contributed by atoms with E-state index in [1.54, 1.807) is 52.8 Å². The number of fused-ring (bicyclic) bond motifs is 3. The largest absolute Gasteiger partial charge is 1.00 e. The molecule has 3 heteroatoms. The van der Waals surface area contributed by atoms with Gasteiger partial charge < -0.3 is 24.8 Å². The minimum absolute atomic E-state index is 0. The summed E-state index contributed by atoms with van der Waals surface area (Å²) in [6.45, 7) is 11.9. The van der Waals surface area contributed by atoms with Gasteiger partial charge in [-0.2, -0.15) is 0 Å². The van der Waals surface area contributed by atoms with Crippen LogP contribution in [0.3, 0.4) is 0 Å².